The van der Waals surface area contributed by atoms with Gasteiger partial charge in [0, 0.05) is 0 Å². The summed E-state index contributed by atoms with van der Waals surface area (Å²) in [5.74, 6) is 0.727. The molecule has 2 nitrogen and oxygen atoms in total. The van der Waals surface area contributed by atoms with Gasteiger partial charge in [-0.25, -0.2) is 0 Å². The van der Waals surface area contributed by atoms with Crippen molar-refractivity contribution in [1.82, 2.24) is 0 Å². The van der Waals surface area contributed by atoms with Crippen LogP contribution in [0.5, 0.6) is 0 Å². The standard InChI is InChI=1S/C11H10.C9H18.C7H14.C3H10N2.C3H6/c1-9-6-7-10-4-2-3-5-11(10)8-9;1-5-6-7-9(4)8(2)3;1-6(2)7(3,4)5;4-2-1-3-5;1-3-2/h2-8H,1H3;9H,2,5-7H2,1,3-4H3;1H2,2-5H3;1-5H2;3H,1H2,2H3. The van der Waals surface area contributed by atoms with Crippen molar-refractivity contribution in [2.75, 3.05) is 13.1 Å². The minimum atomic E-state index is 0.306. The van der Waals surface area contributed by atoms with Crippen LogP contribution >= 0.6 is 0 Å². The van der Waals surface area contributed by atoms with Crippen molar-refractivity contribution in [3.63, 3.8) is 0 Å². The van der Waals surface area contributed by atoms with Crippen LogP contribution in [0, 0.1) is 18.3 Å². The summed E-state index contributed by atoms with van der Waals surface area (Å²) >= 11 is 0. The molecule has 0 saturated heterocycles. The molecular formula is C33H58N2. The molecule has 0 amide bonds. The first-order chi connectivity index (χ1) is 16.3. The van der Waals surface area contributed by atoms with Crippen LogP contribution in [0.2, 0.25) is 0 Å². The minimum Gasteiger partial charge on any atom is -0.330 e. The van der Waals surface area contributed by atoms with Gasteiger partial charge in [0.2, 0.25) is 0 Å². The van der Waals surface area contributed by atoms with E-state index in [0.717, 1.165) is 25.4 Å². The first kappa shape index (κ1) is 37.4. The van der Waals surface area contributed by atoms with Gasteiger partial charge >= 0.3 is 0 Å². The van der Waals surface area contributed by atoms with Crippen molar-refractivity contribution < 1.29 is 0 Å². The van der Waals surface area contributed by atoms with Crippen LogP contribution in [0.1, 0.15) is 86.6 Å². The molecule has 200 valence electrons. The molecule has 35 heavy (non-hydrogen) atoms. The maximum atomic E-state index is 5.06. The molecule has 1 atom stereocenters. The molecule has 0 bridgehead atoms. The zero-order valence-corrected chi connectivity index (χ0v) is 24.7. The topological polar surface area (TPSA) is 52.0 Å². The van der Waals surface area contributed by atoms with Gasteiger partial charge in [-0.1, -0.05) is 126 Å². The monoisotopic (exact) mass is 482 g/mol. The van der Waals surface area contributed by atoms with Crippen molar-refractivity contribution in [1.29, 1.82) is 0 Å². The summed E-state index contributed by atoms with van der Waals surface area (Å²) in [5.41, 5.74) is 14.3. The van der Waals surface area contributed by atoms with Gasteiger partial charge in [0.25, 0.3) is 0 Å². The molecule has 2 rings (SSSR count). The third-order valence-corrected chi connectivity index (χ3v) is 5.43. The van der Waals surface area contributed by atoms with Gasteiger partial charge in [-0.2, -0.15) is 0 Å². The lowest BCUT2D eigenvalue weighted by Crippen LogP contribution is -2.06. The summed E-state index contributed by atoms with van der Waals surface area (Å²) < 4.78 is 0. The molecule has 2 aromatic rings. The first-order valence-corrected chi connectivity index (χ1v) is 13.1. The molecule has 1 unspecified atom stereocenters. The lowest BCUT2D eigenvalue weighted by Gasteiger charge is -2.16. The van der Waals surface area contributed by atoms with Crippen LogP contribution in [0.4, 0.5) is 0 Å². The Bertz CT molecular complexity index is 794. The number of hydrogen-bond donors (Lipinski definition) is 2. The Morgan fingerprint density at radius 3 is 1.74 bits per heavy atom. The molecule has 0 fully saturated rings. The van der Waals surface area contributed by atoms with Crippen molar-refractivity contribution in [3.05, 3.63) is 85.0 Å². The lowest BCUT2D eigenvalue weighted by molar-refractivity contribution is 0.506. The van der Waals surface area contributed by atoms with Crippen LogP contribution in [-0.2, 0) is 0 Å². The Morgan fingerprint density at radius 2 is 1.40 bits per heavy atom. The maximum Gasteiger partial charge on any atom is -0.00653 e. The summed E-state index contributed by atoms with van der Waals surface area (Å²) in [6.45, 7) is 31.7. The number of allylic oxidation sites excluding steroid dienone is 3. The average molecular weight is 483 g/mol. The van der Waals surface area contributed by atoms with Crippen molar-refractivity contribution in [2.24, 2.45) is 22.8 Å². The predicted octanol–water partition coefficient (Wildman–Crippen LogP) is 9.63. The number of fused-ring (bicyclic) bond motifs is 1. The fraction of sp³-hybridized carbons (Fsp3) is 0.515. The molecule has 0 aliphatic carbocycles. The molecular weight excluding hydrogens is 424 g/mol. The zero-order valence-electron chi connectivity index (χ0n) is 24.7. The molecule has 2 aromatic carbocycles. The molecule has 0 saturated carbocycles. The Hall–Kier alpha value is -2.16. The van der Waals surface area contributed by atoms with E-state index in [-0.39, 0.29) is 0 Å². The first-order valence-electron chi connectivity index (χ1n) is 13.1. The van der Waals surface area contributed by atoms with Crippen molar-refractivity contribution in [3.8, 4) is 0 Å². The Balaban J connectivity index is -0.000000390. The predicted molar refractivity (Wildman–Crippen MR) is 165 cm³/mol. The smallest absolute Gasteiger partial charge is 0.00653 e. The highest BCUT2D eigenvalue weighted by Crippen LogP contribution is 2.21. The number of hydrogen-bond acceptors (Lipinski definition) is 2. The number of benzene rings is 2. The van der Waals surface area contributed by atoms with E-state index in [9.17, 15) is 0 Å². The molecule has 0 heterocycles. The van der Waals surface area contributed by atoms with Gasteiger partial charge < -0.3 is 11.5 Å². The number of unbranched alkanes of at least 4 members (excludes halogenated alkanes) is 1. The van der Waals surface area contributed by atoms with E-state index in [2.05, 4.69) is 118 Å². The van der Waals surface area contributed by atoms with Crippen LogP contribution in [0.15, 0.2) is 79.4 Å². The minimum absolute atomic E-state index is 0.306. The summed E-state index contributed by atoms with van der Waals surface area (Å²) in [5, 5.41) is 2.64. The van der Waals surface area contributed by atoms with Gasteiger partial charge in [-0.05, 0) is 75.7 Å². The van der Waals surface area contributed by atoms with Crippen LogP contribution in [0.3, 0.4) is 0 Å². The SMILES string of the molecule is C=C(C)C(C)(C)C.C=C(C)C(C)CCCC.C=CC.Cc1ccc2ccccc2c1.NCCCN. The van der Waals surface area contributed by atoms with E-state index in [4.69, 9.17) is 11.5 Å². The fourth-order valence-corrected chi connectivity index (χ4v) is 2.18. The van der Waals surface area contributed by atoms with Gasteiger partial charge in [0.15, 0.2) is 0 Å². The second-order valence-electron chi connectivity index (χ2n) is 10.1. The fourth-order valence-electron chi connectivity index (χ4n) is 2.18. The molecule has 2 heteroatoms. The Morgan fingerprint density at radius 1 is 0.943 bits per heavy atom. The number of aryl methyl sites for hydroxylation is 1. The highest BCUT2D eigenvalue weighted by molar-refractivity contribution is 5.82. The van der Waals surface area contributed by atoms with Crippen molar-refractivity contribution >= 4 is 10.8 Å². The van der Waals surface area contributed by atoms with Crippen LogP contribution < -0.4 is 11.5 Å². The normalized spacial score (nSPS) is 10.5. The average Bonchev–Trinajstić information content (AvgIpc) is 2.79. The highest BCUT2D eigenvalue weighted by Gasteiger charge is 2.08. The summed E-state index contributed by atoms with van der Waals surface area (Å²) in [4.78, 5) is 0. The highest BCUT2D eigenvalue weighted by atomic mass is 14.6. The van der Waals surface area contributed by atoms with E-state index < -0.39 is 0 Å². The molecule has 0 aliphatic rings. The molecule has 0 aromatic heterocycles. The number of rotatable bonds is 6. The van der Waals surface area contributed by atoms with E-state index in [1.165, 1.54) is 46.7 Å². The molecule has 4 N–H and O–H groups in total. The second kappa shape index (κ2) is 23.6. The summed E-state index contributed by atoms with van der Waals surface area (Å²) in [6.07, 6.45) is 6.65. The van der Waals surface area contributed by atoms with Crippen molar-refractivity contribution in [2.45, 2.75) is 88.0 Å². The lowest BCUT2D eigenvalue weighted by atomic mass is 9.89. The summed E-state index contributed by atoms with van der Waals surface area (Å²) in [6, 6.07) is 14.9. The molecule has 0 spiro atoms. The van der Waals surface area contributed by atoms with E-state index in [1.807, 2.05) is 6.92 Å². The van der Waals surface area contributed by atoms with Crippen LogP contribution in [-0.4, -0.2) is 13.1 Å². The maximum absolute atomic E-state index is 5.06. The van der Waals surface area contributed by atoms with Gasteiger partial charge in [0.05, 0.1) is 0 Å². The third kappa shape index (κ3) is 24.8. The largest absolute Gasteiger partial charge is 0.330 e. The van der Waals surface area contributed by atoms with E-state index in [1.54, 1.807) is 6.08 Å². The zero-order chi connectivity index (χ0) is 27.9. The third-order valence-electron chi connectivity index (χ3n) is 5.43. The summed E-state index contributed by atoms with van der Waals surface area (Å²) in [7, 11) is 0. The Kier molecular flexibility index (Phi) is 25.2. The van der Waals surface area contributed by atoms with E-state index >= 15 is 0 Å². The Labute approximate surface area is 219 Å². The number of nitrogens with two attached hydrogens (primary N) is 2. The molecule has 0 aliphatic heterocycles. The van der Waals surface area contributed by atoms with Gasteiger partial charge in [-0.15, -0.1) is 6.58 Å². The van der Waals surface area contributed by atoms with Crippen LogP contribution in [0.25, 0.3) is 10.8 Å². The second-order valence-corrected chi connectivity index (χ2v) is 10.1. The van der Waals surface area contributed by atoms with Gasteiger partial charge in [0.1, 0.15) is 0 Å². The quantitative estimate of drug-likeness (QED) is 0.403. The van der Waals surface area contributed by atoms with Gasteiger partial charge in [-0.3, -0.25) is 0 Å². The van der Waals surface area contributed by atoms with E-state index in [0.29, 0.717) is 5.41 Å². The molecule has 0 radical (unpaired) electrons.